The van der Waals surface area contributed by atoms with Gasteiger partial charge in [-0.1, -0.05) is 80.4 Å². The molecule has 0 aliphatic rings. The van der Waals surface area contributed by atoms with Gasteiger partial charge in [0.15, 0.2) is 17.2 Å². The Hall–Kier alpha value is -1.67. The first kappa shape index (κ1) is 32.2. The zero-order chi connectivity index (χ0) is 29.6. The van der Waals surface area contributed by atoms with Gasteiger partial charge in [0, 0.05) is 32.2 Å². The maximum atomic E-state index is 14.0. The van der Waals surface area contributed by atoms with Gasteiger partial charge in [-0.15, -0.1) is 0 Å². The van der Waals surface area contributed by atoms with E-state index >= 15 is 0 Å². The Labute approximate surface area is 261 Å². The molecule has 12 heteroatoms. The number of halogens is 3. The summed E-state index contributed by atoms with van der Waals surface area (Å²) in [5.41, 5.74) is 1.17. The second-order valence-corrected chi connectivity index (χ2v) is 16.2. The normalized spacial score (nSPS) is 13.8. The van der Waals surface area contributed by atoms with Crippen LogP contribution in [0.25, 0.3) is 21.8 Å². The number of hydrogen-bond donors (Lipinski definition) is 1. The van der Waals surface area contributed by atoms with Crippen molar-refractivity contribution >= 4 is 85.6 Å². The van der Waals surface area contributed by atoms with Crippen LogP contribution in [-0.4, -0.2) is 25.8 Å². The molecule has 0 radical (unpaired) electrons. The largest absolute Gasteiger partial charge is 0.504 e. The number of aromatic hydroxyl groups is 1. The molecule has 2 atom stereocenters. The van der Waals surface area contributed by atoms with Gasteiger partial charge in [0.05, 0.1) is 31.9 Å². The van der Waals surface area contributed by atoms with Crippen molar-refractivity contribution in [1.82, 2.24) is 4.98 Å². The van der Waals surface area contributed by atoms with Crippen LogP contribution in [0.3, 0.4) is 0 Å². The maximum Gasteiger partial charge on any atom is 0.493 e. The zero-order valence-corrected chi connectivity index (χ0v) is 27.5. The van der Waals surface area contributed by atoms with Crippen LogP contribution in [0.5, 0.6) is 17.2 Å². The molecule has 1 N–H and O–H groups in total. The molecule has 1 aromatic heterocycles. The maximum absolute atomic E-state index is 14.0. The Kier molecular flexibility index (Phi) is 11.5. The molecule has 0 saturated carbocycles. The lowest BCUT2D eigenvalue weighted by molar-refractivity contribution is 0.390. The highest BCUT2D eigenvalue weighted by Gasteiger charge is 2.33. The predicted molar refractivity (Wildman–Crippen MR) is 174 cm³/mol. The van der Waals surface area contributed by atoms with E-state index in [9.17, 15) is 13.9 Å². The van der Waals surface area contributed by atoms with Crippen LogP contribution in [0.2, 0.25) is 15.1 Å². The topological polar surface area (TPSA) is 85.7 Å². The van der Waals surface area contributed by atoms with Crippen molar-refractivity contribution in [2.75, 3.05) is 11.5 Å². The number of fused-ring (bicyclic) bond motifs is 2. The molecule has 2 unspecified atom stereocenters. The number of rotatable bonds is 14. The molecule has 0 amide bonds. The van der Waals surface area contributed by atoms with Crippen molar-refractivity contribution in [2.45, 2.75) is 57.3 Å². The summed E-state index contributed by atoms with van der Waals surface area (Å²) in [4.78, 5) is 5.35. The number of nitrogens with zero attached hydrogens (tertiary/aromatic N) is 1. The van der Waals surface area contributed by atoms with Crippen molar-refractivity contribution in [3.8, 4) is 17.2 Å². The van der Waals surface area contributed by atoms with E-state index < -0.39 is 17.6 Å². The SMILES string of the molecule is CCCCCCS(=O)c1cccc2nc3ccc(OP(=O)(Oc4c(Cl)cc(Cl)cc4Cl)SCCCC)c(O)c3cc12. The summed E-state index contributed by atoms with van der Waals surface area (Å²) in [6.07, 6.45) is 5.75. The van der Waals surface area contributed by atoms with Crippen LogP contribution in [0.15, 0.2) is 53.4 Å². The lowest BCUT2D eigenvalue weighted by Gasteiger charge is -2.21. The average Bonchev–Trinajstić information content (AvgIpc) is 2.94. The van der Waals surface area contributed by atoms with E-state index in [-0.39, 0.29) is 27.3 Å². The van der Waals surface area contributed by atoms with Crippen molar-refractivity contribution in [3.05, 3.63) is 63.6 Å². The van der Waals surface area contributed by atoms with Crippen molar-refractivity contribution in [2.24, 2.45) is 0 Å². The van der Waals surface area contributed by atoms with Crippen LogP contribution >= 0.6 is 53.0 Å². The van der Waals surface area contributed by atoms with E-state index in [1.54, 1.807) is 12.1 Å². The Morgan fingerprint density at radius 2 is 1.61 bits per heavy atom. The lowest BCUT2D eigenvalue weighted by atomic mass is 10.1. The minimum atomic E-state index is -3.98. The summed E-state index contributed by atoms with van der Waals surface area (Å²) in [6, 6.07) is 13.3. The lowest BCUT2D eigenvalue weighted by Crippen LogP contribution is -2.01. The number of pyridine rings is 1. The van der Waals surface area contributed by atoms with Crippen molar-refractivity contribution < 1.29 is 22.9 Å². The predicted octanol–water partition coefficient (Wildman–Crippen LogP) is 10.8. The molecule has 0 spiro atoms. The molecule has 0 aliphatic carbocycles. The van der Waals surface area contributed by atoms with Gasteiger partial charge in [0.2, 0.25) is 0 Å². The fourth-order valence-electron chi connectivity index (χ4n) is 4.15. The molecule has 4 aromatic rings. The molecular formula is C29H31Cl3NO5PS2. The van der Waals surface area contributed by atoms with Crippen LogP contribution in [0.4, 0.5) is 0 Å². The summed E-state index contributed by atoms with van der Waals surface area (Å²) >= 11 is 19.6. The van der Waals surface area contributed by atoms with Gasteiger partial charge in [-0.25, -0.2) is 9.55 Å². The second-order valence-electron chi connectivity index (χ2n) is 9.42. The Bertz CT molecular complexity index is 1600. The highest BCUT2D eigenvalue weighted by Crippen LogP contribution is 2.62. The smallest absolute Gasteiger partial charge is 0.493 e. The molecule has 3 aromatic carbocycles. The van der Waals surface area contributed by atoms with Gasteiger partial charge in [-0.3, -0.25) is 4.21 Å². The minimum Gasteiger partial charge on any atom is -0.504 e. The molecule has 0 saturated heterocycles. The number of aromatic nitrogens is 1. The third kappa shape index (κ3) is 8.04. The molecule has 41 heavy (non-hydrogen) atoms. The number of hydrogen-bond acceptors (Lipinski definition) is 7. The Balaban J connectivity index is 1.71. The molecule has 0 aliphatic heterocycles. The standard InChI is InChI=1S/C29H31Cl3NO5PS2/c1-3-5-7-8-15-41(36)27-11-9-10-24-20(27)18-21-25(33-24)12-13-26(28(21)34)37-39(35,40-14-6-4-2)38-29-22(31)16-19(30)17-23(29)32/h9-13,16-18,34H,3-8,14-15H2,1-2H3. The van der Waals surface area contributed by atoms with Gasteiger partial charge < -0.3 is 14.2 Å². The fraction of sp³-hybridized carbons (Fsp3) is 0.345. The number of unbranched alkanes of at least 4 members (excludes halogenated alkanes) is 4. The van der Waals surface area contributed by atoms with Gasteiger partial charge in [-0.05, 0) is 66.7 Å². The van der Waals surface area contributed by atoms with Crippen molar-refractivity contribution in [3.63, 3.8) is 0 Å². The van der Waals surface area contributed by atoms with E-state index in [1.807, 2.05) is 25.1 Å². The summed E-state index contributed by atoms with van der Waals surface area (Å²) in [6.45, 7) is 0.169. The zero-order valence-electron chi connectivity index (χ0n) is 22.7. The monoisotopic (exact) mass is 673 g/mol. The first-order chi connectivity index (χ1) is 19.7. The molecule has 6 nitrogen and oxygen atoms in total. The van der Waals surface area contributed by atoms with Crippen molar-refractivity contribution in [1.29, 1.82) is 0 Å². The van der Waals surface area contributed by atoms with Crippen LogP contribution < -0.4 is 9.05 Å². The highest BCUT2D eigenvalue weighted by molar-refractivity contribution is 8.55. The first-order valence-corrected chi connectivity index (χ1v) is 19.0. The molecule has 220 valence electrons. The number of phenolic OH excluding ortho intramolecular Hbond substituents is 1. The average molecular weight is 675 g/mol. The number of phenols is 1. The third-order valence-electron chi connectivity index (χ3n) is 6.28. The third-order valence-corrected chi connectivity index (χ3v) is 12.1. The van der Waals surface area contributed by atoms with E-state index in [0.29, 0.717) is 43.2 Å². The first-order valence-electron chi connectivity index (χ1n) is 13.4. The Morgan fingerprint density at radius 3 is 2.32 bits per heavy atom. The van der Waals surface area contributed by atoms with E-state index in [4.69, 9.17) is 43.9 Å². The van der Waals surface area contributed by atoms with Gasteiger partial charge in [0.25, 0.3) is 0 Å². The van der Waals surface area contributed by atoms with Crippen LogP contribution in [0, 0.1) is 0 Å². The molecule has 4 rings (SSSR count). The summed E-state index contributed by atoms with van der Waals surface area (Å²) in [5.74, 6) is 0.699. The van der Waals surface area contributed by atoms with E-state index in [2.05, 4.69) is 11.9 Å². The summed E-state index contributed by atoms with van der Waals surface area (Å²) in [5, 5.41) is 12.8. The second kappa shape index (κ2) is 14.7. The highest BCUT2D eigenvalue weighted by atomic mass is 35.5. The van der Waals surface area contributed by atoms with Gasteiger partial charge in [0.1, 0.15) is 0 Å². The molecule has 0 fully saturated rings. The number of benzene rings is 3. The van der Waals surface area contributed by atoms with Gasteiger partial charge in [-0.2, -0.15) is 0 Å². The van der Waals surface area contributed by atoms with E-state index in [0.717, 1.165) is 49.9 Å². The minimum absolute atomic E-state index is 0.0240. The summed E-state index contributed by atoms with van der Waals surface area (Å²) in [7, 11) is -1.22. The van der Waals surface area contributed by atoms with Crippen LogP contribution in [0.1, 0.15) is 52.4 Å². The quantitative estimate of drug-likeness (QED) is 0.0809. The van der Waals surface area contributed by atoms with E-state index in [1.165, 1.54) is 18.2 Å². The molecule has 0 bridgehead atoms. The molecule has 1 heterocycles. The summed E-state index contributed by atoms with van der Waals surface area (Å²) < 4.78 is 38.9. The van der Waals surface area contributed by atoms with Gasteiger partial charge >= 0.3 is 6.80 Å². The fourth-order valence-corrected chi connectivity index (χ4v) is 9.91. The van der Waals surface area contributed by atoms with Crippen LogP contribution in [-0.2, 0) is 15.4 Å². The Morgan fingerprint density at radius 1 is 0.902 bits per heavy atom. The molecular weight excluding hydrogens is 644 g/mol.